The van der Waals surface area contributed by atoms with Crippen LogP contribution in [0.2, 0.25) is 0 Å². The number of hydrogen-bond acceptors (Lipinski definition) is 2. The third-order valence-electron chi connectivity index (χ3n) is 0.824. The molecule has 1 N–H and O–H groups in total. The van der Waals surface area contributed by atoms with E-state index in [1.54, 1.807) is 0 Å². The predicted octanol–water partition coefficient (Wildman–Crippen LogP) is -2.47. The summed E-state index contributed by atoms with van der Waals surface area (Å²) in [6.07, 6.45) is 0. The Kier molecular flexibility index (Phi) is 3.61. The number of nitrogens with one attached hydrogen (secondary N) is 1. The standard InChI is InChI=1S/C4H11INS/c1-4(7,5-2)6-3/h6-7H,1-3H3/q-1/t4-/m1/s1. The van der Waals surface area contributed by atoms with Crippen LogP contribution in [-0.4, -0.2) is 14.9 Å². The van der Waals surface area contributed by atoms with Gasteiger partial charge >= 0.3 is 60.9 Å². The normalized spacial score (nSPS) is 19.4. The van der Waals surface area contributed by atoms with Crippen LogP contribution in [0.25, 0.3) is 0 Å². The van der Waals surface area contributed by atoms with Gasteiger partial charge < -0.3 is 0 Å². The molecule has 0 unspecified atom stereocenters. The second kappa shape index (κ2) is 3.14. The molecule has 7 heavy (non-hydrogen) atoms. The van der Waals surface area contributed by atoms with Crippen LogP contribution in [0.4, 0.5) is 0 Å². The quantitative estimate of drug-likeness (QED) is 0.177. The third-order valence-corrected chi connectivity index (χ3v) is 4.82. The Morgan fingerprint density at radius 2 is 2.14 bits per heavy atom. The summed E-state index contributed by atoms with van der Waals surface area (Å²) in [4.78, 5) is 2.21. The molecule has 0 aliphatic rings. The molecule has 46 valence electrons. The zero-order chi connectivity index (χ0) is 5.91. The first-order chi connectivity index (χ1) is 3.12. The molecule has 0 heterocycles. The van der Waals surface area contributed by atoms with E-state index in [4.69, 9.17) is 0 Å². The maximum absolute atomic E-state index is 4.32. The molecule has 1 nitrogen and oxygen atoms in total. The van der Waals surface area contributed by atoms with E-state index in [1.165, 1.54) is 0 Å². The van der Waals surface area contributed by atoms with Crippen LogP contribution < -0.4 is 26.5 Å². The summed E-state index contributed by atoms with van der Waals surface area (Å²) in [5.74, 6) is 0. The zero-order valence-electron chi connectivity index (χ0n) is 4.83. The van der Waals surface area contributed by atoms with Crippen molar-refractivity contribution in [2.45, 2.75) is 9.80 Å². The first kappa shape index (κ1) is 8.04. The van der Waals surface area contributed by atoms with Gasteiger partial charge in [-0.3, -0.25) is 0 Å². The van der Waals surface area contributed by atoms with E-state index in [1.807, 2.05) is 7.05 Å². The van der Waals surface area contributed by atoms with Crippen molar-refractivity contribution < 1.29 is 21.2 Å². The minimum absolute atomic E-state index is 0.138. The Morgan fingerprint density at radius 3 is 2.14 bits per heavy atom. The van der Waals surface area contributed by atoms with Crippen molar-refractivity contribution in [1.82, 2.24) is 5.32 Å². The molecule has 0 aromatic heterocycles. The molecule has 0 spiro atoms. The summed E-state index contributed by atoms with van der Waals surface area (Å²) in [7, 11) is 1.94. The second-order valence-corrected chi connectivity index (χ2v) is 6.38. The van der Waals surface area contributed by atoms with Crippen molar-refractivity contribution in [2.24, 2.45) is 0 Å². The summed E-state index contributed by atoms with van der Waals surface area (Å²) in [5, 5.41) is 3.10. The molecule has 0 fully saturated rings. The Bertz CT molecular complexity index is 49.7. The summed E-state index contributed by atoms with van der Waals surface area (Å²) >= 11 is 4.54. The van der Waals surface area contributed by atoms with Gasteiger partial charge in [0.2, 0.25) is 0 Å². The molecule has 0 aromatic rings. The van der Waals surface area contributed by atoms with Gasteiger partial charge in [0.15, 0.2) is 0 Å². The van der Waals surface area contributed by atoms with Crippen molar-refractivity contribution in [3.63, 3.8) is 0 Å². The Hall–Kier alpha value is 1.04. The van der Waals surface area contributed by atoms with Crippen LogP contribution in [0.1, 0.15) is 6.92 Å². The van der Waals surface area contributed by atoms with Gasteiger partial charge in [-0.25, -0.2) is 0 Å². The average Bonchev–Trinajstić information content (AvgIpc) is 1.68. The van der Waals surface area contributed by atoms with E-state index < -0.39 is 0 Å². The van der Waals surface area contributed by atoms with Crippen LogP contribution in [0.5, 0.6) is 0 Å². The van der Waals surface area contributed by atoms with E-state index in [0.29, 0.717) is 0 Å². The number of alkyl halides is 2. The summed E-state index contributed by atoms with van der Waals surface area (Å²) in [6.45, 7) is 2.10. The fourth-order valence-corrected chi connectivity index (χ4v) is 0.634. The van der Waals surface area contributed by atoms with Crippen LogP contribution in [0.15, 0.2) is 0 Å². The fourth-order valence-electron chi connectivity index (χ4n) is 0.0945. The first-order valence-electron chi connectivity index (χ1n) is 2.04. The fraction of sp³-hybridized carbons (Fsp3) is 1.00. The Labute approximate surface area is 60.9 Å². The van der Waals surface area contributed by atoms with Crippen LogP contribution in [-0.2, 0) is 0 Å². The molecule has 0 aliphatic carbocycles. The minimum atomic E-state index is 0.138. The summed E-state index contributed by atoms with van der Waals surface area (Å²) < 4.78 is 0.138. The number of thiol groups is 1. The molecule has 0 saturated carbocycles. The van der Waals surface area contributed by atoms with Gasteiger partial charge in [-0.05, 0) is 0 Å². The van der Waals surface area contributed by atoms with Gasteiger partial charge in [0, 0.05) is 0 Å². The molecule has 0 amide bonds. The van der Waals surface area contributed by atoms with Crippen molar-refractivity contribution in [3.8, 4) is 0 Å². The van der Waals surface area contributed by atoms with E-state index in [2.05, 4.69) is 29.8 Å². The van der Waals surface area contributed by atoms with Crippen molar-refractivity contribution in [2.75, 3.05) is 12.0 Å². The van der Waals surface area contributed by atoms with Crippen molar-refractivity contribution in [3.05, 3.63) is 0 Å². The van der Waals surface area contributed by atoms with Gasteiger partial charge in [-0.2, -0.15) is 0 Å². The molecule has 0 aliphatic heterocycles. The molecule has 0 bridgehead atoms. The predicted molar refractivity (Wildman–Crippen MR) is 32.4 cm³/mol. The van der Waals surface area contributed by atoms with E-state index in [9.17, 15) is 0 Å². The SMILES string of the molecule is CN[C@](C)(S)[I-]C. The van der Waals surface area contributed by atoms with Gasteiger partial charge in [0.05, 0.1) is 0 Å². The van der Waals surface area contributed by atoms with E-state index in [0.717, 1.165) is 0 Å². The van der Waals surface area contributed by atoms with E-state index >= 15 is 0 Å². The molecule has 3 heteroatoms. The molecule has 1 atom stereocenters. The molecular formula is C4H11INS-. The van der Waals surface area contributed by atoms with Crippen LogP contribution in [0, 0.1) is 0 Å². The van der Waals surface area contributed by atoms with Crippen LogP contribution >= 0.6 is 12.6 Å². The molecular weight excluding hydrogens is 221 g/mol. The second-order valence-electron chi connectivity index (χ2n) is 1.39. The summed E-state index contributed by atoms with van der Waals surface area (Å²) in [6, 6.07) is 0. The maximum atomic E-state index is 4.32. The van der Waals surface area contributed by atoms with Gasteiger partial charge in [-0.15, -0.1) is 0 Å². The van der Waals surface area contributed by atoms with Gasteiger partial charge in [0.25, 0.3) is 0 Å². The third kappa shape index (κ3) is 3.61. The number of hydrogen-bond donors (Lipinski definition) is 2. The van der Waals surface area contributed by atoms with Crippen molar-refractivity contribution >= 4 is 12.6 Å². The number of rotatable bonds is 2. The topological polar surface area (TPSA) is 12.0 Å². The number of halogens is 1. The Balaban J connectivity index is 3.36. The van der Waals surface area contributed by atoms with E-state index in [-0.39, 0.29) is 24.1 Å². The molecule has 0 saturated heterocycles. The van der Waals surface area contributed by atoms with Gasteiger partial charge in [-0.1, -0.05) is 0 Å². The van der Waals surface area contributed by atoms with Gasteiger partial charge in [0.1, 0.15) is 0 Å². The molecule has 0 radical (unpaired) electrons. The average molecular weight is 232 g/mol. The molecule has 0 rings (SSSR count). The van der Waals surface area contributed by atoms with Crippen molar-refractivity contribution in [1.29, 1.82) is 0 Å². The monoisotopic (exact) mass is 232 g/mol. The molecule has 0 aromatic carbocycles. The summed E-state index contributed by atoms with van der Waals surface area (Å²) in [5.41, 5.74) is 0. The van der Waals surface area contributed by atoms with Crippen LogP contribution in [0.3, 0.4) is 0 Å². The first-order valence-corrected chi connectivity index (χ1v) is 5.72. The Morgan fingerprint density at radius 1 is 1.71 bits per heavy atom. The zero-order valence-corrected chi connectivity index (χ0v) is 7.88.